The van der Waals surface area contributed by atoms with Gasteiger partial charge in [-0.1, -0.05) is 41.4 Å². The maximum absolute atomic E-state index is 5.97. The standard InChI is InChI=1S/C21H23ClN4O/c1-16-3-2-4-18(13-16)21-24-23-20(27-21)15-26-11-9-25(10-12-26)14-17-5-7-19(22)8-6-17/h2-8,13H,9-12,14-15H2,1H3/p+2. The first kappa shape index (κ1) is 18.2. The van der Waals surface area contributed by atoms with Gasteiger partial charge in [-0.05, 0) is 31.2 Å². The van der Waals surface area contributed by atoms with Crippen molar-refractivity contribution < 1.29 is 14.2 Å². The molecular weight excluding hydrogens is 360 g/mol. The summed E-state index contributed by atoms with van der Waals surface area (Å²) in [6, 6.07) is 16.4. The van der Waals surface area contributed by atoms with Crippen LogP contribution in [0.4, 0.5) is 0 Å². The van der Waals surface area contributed by atoms with Crippen molar-refractivity contribution in [3.63, 3.8) is 0 Å². The Balaban J connectivity index is 1.30. The molecule has 2 heterocycles. The van der Waals surface area contributed by atoms with Crippen LogP contribution in [-0.2, 0) is 13.1 Å². The maximum Gasteiger partial charge on any atom is 0.271 e. The Morgan fingerprint density at radius 3 is 2.33 bits per heavy atom. The minimum absolute atomic E-state index is 0.611. The van der Waals surface area contributed by atoms with Crippen molar-refractivity contribution in [2.45, 2.75) is 20.0 Å². The van der Waals surface area contributed by atoms with Gasteiger partial charge in [0.1, 0.15) is 32.7 Å². The van der Waals surface area contributed by atoms with Gasteiger partial charge in [-0.3, -0.25) is 0 Å². The van der Waals surface area contributed by atoms with Crippen LogP contribution in [0.3, 0.4) is 0 Å². The Bertz CT molecular complexity index is 885. The van der Waals surface area contributed by atoms with Crippen molar-refractivity contribution in [2.24, 2.45) is 0 Å². The molecule has 1 saturated heterocycles. The van der Waals surface area contributed by atoms with Gasteiger partial charge in [0, 0.05) is 16.1 Å². The first-order valence-corrected chi connectivity index (χ1v) is 9.84. The molecule has 0 amide bonds. The summed E-state index contributed by atoms with van der Waals surface area (Å²) < 4.78 is 5.90. The lowest BCUT2D eigenvalue weighted by Gasteiger charge is -2.29. The van der Waals surface area contributed by atoms with Crippen molar-refractivity contribution in [1.82, 2.24) is 10.2 Å². The number of nitrogens with zero attached hydrogens (tertiary/aromatic N) is 2. The van der Waals surface area contributed by atoms with Crippen LogP contribution in [0.1, 0.15) is 17.0 Å². The summed E-state index contributed by atoms with van der Waals surface area (Å²) in [7, 11) is 0. The molecular formula is C21H25ClN4O+2. The van der Waals surface area contributed by atoms with E-state index in [1.165, 1.54) is 16.0 Å². The van der Waals surface area contributed by atoms with E-state index < -0.39 is 0 Å². The van der Waals surface area contributed by atoms with E-state index in [9.17, 15) is 0 Å². The monoisotopic (exact) mass is 384 g/mol. The first-order chi connectivity index (χ1) is 13.2. The van der Waals surface area contributed by atoms with Gasteiger partial charge < -0.3 is 14.2 Å². The normalized spacial score (nSPS) is 19.9. The third kappa shape index (κ3) is 4.75. The molecule has 0 aliphatic carbocycles. The Labute approximate surface area is 164 Å². The van der Waals surface area contributed by atoms with Crippen LogP contribution >= 0.6 is 11.6 Å². The fourth-order valence-corrected chi connectivity index (χ4v) is 3.76. The molecule has 1 aliphatic rings. The molecule has 0 radical (unpaired) electrons. The van der Waals surface area contributed by atoms with Gasteiger partial charge >= 0.3 is 0 Å². The van der Waals surface area contributed by atoms with E-state index in [-0.39, 0.29) is 0 Å². The number of aryl methyl sites for hydroxylation is 1. The second-order valence-corrected chi connectivity index (χ2v) is 7.79. The Morgan fingerprint density at radius 1 is 0.926 bits per heavy atom. The van der Waals surface area contributed by atoms with E-state index in [2.05, 4.69) is 41.4 Å². The smallest absolute Gasteiger partial charge is 0.271 e. The molecule has 0 bridgehead atoms. The van der Waals surface area contributed by atoms with Gasteiger partial charge in [0.25, 0.3) is 5.89 Å². The molecule has 140 valence electrons. The van der Waals surface area contributed by atoms with E-state index in [4.69, 9.17) is 16.0 Å². The number of hydrogen-bond donors (Lipinski definition) is 2. The summed E-state index contributed by atoms with van der Waals surface area (Å²) in [5.41, 5.74) is 3.52. The molecule has 1 aliphatic heterocycles. The lowest BCUT2D eigenvalue weighted by atomic mass is 10.1. The summed E-state index contributed by atoms with van der Waals surface area (Å²) in [5.74, 6) is 1.34. The van der Waals surface area contributed by atoms with Crippen LogP contribution in [0.2, 0.25) is 5.02 Å². The lowest BCUT2D eigenvalue weighted by Crippen LogP contribution is -3.27. The minimum Gasteiger partial charge on any atom is -0.415 e. The molecule has 0 spiro atoms. The number of quaternary nitrogens is 2. The van der Waals surface area contributed by atoms with Crippen LogP contribution in [-0.4, -0.2) is 36.4 Å². The van der Waals surface area contributed by atoms with Crippen molar-refractivity contribution in [3.8, 4) is 11.5 Å². The molecule has 2 N–H and O–H groups in total. The van der Waals surface area contributed by atoms with Gasteiger partial charge in [-0.25, -0.2) is 0 Å². The first-order valence-electron chi connectivity index (χ1n) is 9.47. The Morgan fingerprint density at radius 2 is 1.63 bits per heavy atom. The predicted octanol–water partition coefficient (Wildman–Crippen LogP) is 1.18. The third-order valence-corrected chi connectivity index (χ3v) is 5.42. The van der Waals surface area contributed by atoms with Crippen molar-refractivity contribution in [2.75, 3.05) is 26.2 Å². The molecule has 0 atom stereocenters. The molecule has 27 heavy (non-hydrogen) atoms. The number of piperazine rings is 1. The van der Waals surface area contributed by atoms with Gasteiger partial charge in [0.15, 0.2) is 6.54 Å². The number of rotatable bonds is 5. The van der Waals surface area contributed by atoms with E-state index in [0.29, 0.717) is 5.89 Å². The fraction of sp³-hybridized carbons (Fsp3) is 0.333. The average Bonchev–Trinajstić information content (AvgIpc) is 3.14. The largest absolute Gasteiger partial charge is 0.415 e. The predicted molar refractivity (Wildman–Crippen MR) is 105 cm³/mol. The number of aromatic nitrogens is 2. The molecule has 4 rings (SSSR count). The molecule has 2 aromatic carbocycles. The van der Waals surface area contributed by atoms with Crippen LogP contribution in [0.5, 0.6) is 0 Å². The highest BCUT2D eigenvalue weighted by Crippen LogP contribution is 2.18. The molecule has 1 fully saturated rings. The van der Waals surface area contributed by atoms with Gasteiger partial charge in [0.05, 0.1) is 0 Å². The minimum atomic E-state index is 0.611. The highest BCUT2D eigenvalue weighted by Gasteiger charge is 2.25. The van der Waals surface area contributed by atoms with Crippen LogP contribution in [0.15, 0.2) is 52.9 Å². The van der Waals surface area contributed by atoms with Crippen LogP contribution < -0.4 is 9.80 Å². The molecule has 0 unspecified atom stereocenters. The van der Waals surface area contributed by atoms with E-state index >= 15 is 0 Å². The fourth-order valence-electron chi connectivity index (χ4n) is 3.64. The number of hydrogen-bond acceptors (Lipinski definition) is 3. The summed E-state index contributed by atoms with van der Waals surface area (Å²) in [6.45, 7) is 8.45. The highest BCUT2D eigenvalue weighted by molar-refractivity contribution is 6.30. The second-order valence-electron chi connectivity index (χ2n) is 7.35. The lowest BCUT2D eigenvalue weighted by molar-refractivity contribution is -1.02. The topological polar surface area (TPSA) is 47.8 Å². The van der Waals surface area contributed by atoms with E-state index in [1.54, 1.807) is 4.90 Å². The average molecular weight is 385 g/mol. The zero-order valence-electron chi connectivity index (χ0n) is 15.5. The molecule has 3 aromatic rings. The number of halogens is 1. The maximum atomic E-state index is 5.97. The van der Waals surface area contributed by atoms with Crippen LogP contribution in [0.25, 0.3) is 11.5 Å². The number of benzene rings is 2. The molecule has 5 nitrogen and oxygen atoms in total. The second kappa shape index (κ2) is 8.21. The zero-order valence-corrected chi connectivity index (χ0v) is 16.3. The van der Waals surface area contributed by atoms with Gasteiger partial charge in [-0.2, -0.15) is 0 Å². The van der Waals surface area contributed by atoms with Crippen molar-refractivity contribution >= 4 is 11.6 Å². The summed E-state index contributed by atoms with van der Waals surface area (Å²) in [6.07, 6.45) is 0. The number of nitrogens with one attached hydrogen (secondary N) is 2. The Hall–Kier alpha value is -2.21. The van der Waals surface area contributed by atoms with Crippen molar-refractivity contribution in [3.05, 3.63) is 70.6 Å². The Kier molecular flexibility index (Phi) is 5.53. The summed E-state index contributed by atoms with van der Waals surface area (Å²) in [5, 5.41) is 9.28. The zero-order chi connectivity index (χ0) is 18.6. The summed E-state index contributed by atoms with van der Waals surface area (Å²) in [4.78, 5) is 3.13. The molecule has 6 heteroatoms. The quantitative estimate of drug-likeness (QED) is 0.694. The van der Waals surface area contributed by atoms with Crippen LogP contribution in [0, 0.1) is 6.92 Å². The highest BCUT2D eigenvalue weighted by atomic mass is 35.5. The molecule has 1 aromatic heterocycles. The molecule has 0 saturated carbocycles. The summed E-state index contributed by atoms with van der Waals surface area (Å²) >= 11 is 5.97. The van der Waals surface area contributed by atoms with Gasteiger partial charge in [0.2, 0.25) is 5.89 Å². The van der Waals surface area contributed by atoms with Gasteiger partial charge in [-0.15, -0.1) is 10.2 Å². The SMILES string of the molecule is Cc1cccc(-c2nnc(C[NH+]3CC[NH+](Cc4ccc(Cl)cc4)CC3)o2)c1. The van der Waals surface area contributed by atoms with E-state index in [0.717, 1.165) is 55.7 Å². The van der Waals surface area contributed by atoms with E-state index in [1.807, 2.05) is 24.3 Å². The third-order valence-electron chi connectivity index (χ3n) is 5.16. The van der Waals surface area contributed by atoms with Crippen molar-refractivity contribution in [1.29, 1.82) is 0 Å².